The highest BCUT2D eigenvalue weighted by Crippen LogP contribution is 2.31. The Kier molecular flexibility index (Phi) is 4.16. The van der Waals surface area contributed by atoms with Crippen LogP contribution in [0.5, 0.6) is 0 Å². The van der Waals surface area contributed by atoms with Crippen molar-refractivity contribution in [1.29, 1.82) is 0 Å². The molecule has 0 radical (unpaired) electrons. The van der Waals surface area contributed by atoms with E-state index in [1.807, 2.05) is 0 Å². The molecular formula is C15H7F5N2S. The summed E-state index contributed by atoms with van der Waals surface area (Å²) in [5.41, 5.74) is -0.267. The molecule has 0 N–H and O–H groups in total. The zero-order valence-corrected chi connectivity index (χ0v) is 12.1. The highest BCUT2D eigenvalue weighted by Gasteiger charge is 2.25. The molecule has 118 valence electrons. The topological polar surface area (TPSA) is 25.8 Å². The first-order chi connectivity index (χ1) is 11.0. The van der Waals surface area contributed by atoms with Gasteiger partial charge in [-0.15, -0.1) is 11.8 Å². The van der Waals surface area contributed by atoms with E-state index in [-0.39, 0.29) is 0 Å². The second kappa shape index (κ2) is 6.11. The van der Waals surface area contributed by atoms with Crippen molar-refractivity contribution in [3.63, 3.8) is 0 Å². The minimum Gasteiger partial charge on any atom is -0.236 e. The molecule has 0 fully saturated rings. The van der Waals surface area contributed by atoms with Gasteiger partial charge in [-0.1, -0.05) is 18.2 Å². The van der Waals surface area contributed by atoms with Gasteiger partial charge in [-0.05, 0) is 6.07 Å². The van der Waals surface area contributed by atoms with Gasteiger partial charge in [0.25, 0.3) is 0 Å². The molecule has 3 rings (SSSR count). The highest BCUT2D eigenvalue weighted by molar-refractivity contribution is 7.98. The molecule has 2 nitrogen and oxygen atoms in total. The molecule has 0 spiro atoms. The van der Waals surface area contributed by atoms with Crippen LogP contribution in [0.3, 0.4) is 0 Å². The van der Waals surface area contributed by atoms with E-state index in [0.717, 1.165) is 11.8 Å². The summed E-state index contributed by atoms with van der Waals surface area (Å²) in [5, 5.41) is 1.02. The lowest BCUT2D eigenvalue weighted by molar-refractivity contribution is 0.372. The molecule has 0 saturated carbocycles. The van der Waals surface area contributed by atoms with Gasteiger partial charge in [-0.2, -0.15) is 0 Å². The van der Waals surface area contributed by atoms with Crippen LogP contribution in [0.1, 0.15) is 5.56 Å². The quantitative estimate of drug-likeness (QED) is 0.228. The first kappa shape index (κ1) is 15.7. The molecule has 1 aromatic heterocycles. The van der Waals surface area contributed by atoms with Crippen LogP contribution < -0.4 is 0 Å². The summed E-state index contributed by atoms with van der Waals surface area (Å²) >= 11 is 0.868. The van der Waals surface area contributed by atoms with Crippen molar-refractivity contribution in [2.75, 3.05) is 0 Å². The van der Waals surface area contributed by atoms with E-state index in [1.165, 1.54) is 6.33 Å². The Balaban J connectivity index is 1.98. The van der Waals surface area contributed by atoms with Crippen LogP contribution in [-0.2, 0) is 5.75 Å². The molecular weight excluding hydrogens is 335 g/mol. The van der Waals surface area contributed by atoms with E-state index in [2.05, 4.69) is 9.97 Å². The van der Waals surface area contributed by atoms with E-state index in [1.54, 1.807) is 24.3 Å². The van der Waals surface area contributed by atoms with Gasteiger partial charge in [0, 0.05) is 16.7 Å². The smallest absolute Gasteiger partial charge is 0.200 e. The summed E-state index contributed by atoms with van der Waals surface area (Å²) in [6.45, 7) is 0. The van der Waals surface area contributed by atoms with Gasteiger partial charge in [0.1, 0.15) is 11.4 Å². The predicted octanol–water partition coefficient (Wildman–Crippen LogP) is 4.62. The predicted molar refractivity (Wildman–Crippen MR) is 75.3 cm³/mol. The molecule has 0 aliphatic heterocycles. The highest BCUT2D eigenvalue weighted by atomic mass is 32.2. The molecule has 2 aromatic carbocycles. The molecule has 0 atom stereocenters. The Morgan fingerprint density at radius 1 is 0.783 bits per heavy atom. The van der Waals surface area contributed by atoms with Crippen molar-refractivity contribution in [1.82, 2.24) is 9.97 Å². The van der Waals surface area contributed by atoms with Crippen molar-refractivity contribution < 1.29 is 22.0 Å². The van der Waals surface area contributed by atoms with Crippen molar-refractivity contribution in [2.24, 2.45) is 0 Å². The number of hydrogen-bond acceptors (Lipinski definition) is 3. The number of fused-ring (bicyclic) bond motifs is 1. The van der Waals surface area contributed by atoms with Gasteiger partial charge in [-0.3, -0.25) is 0 Å². The Morgan fingerprint density at radius 3 is 2.09 bits per heavy atom. The molecule has 0 unspecified atom stereocenters. The van der Waals surface area contributed by atoms with Crippen LogP contribution in [0.4, 0.5) is 22.0 Å². The number of benzene rings is 2. The second-order valence-corrected chi connectivity index (χ2v) is 5.50. The summed E-state index contributed by atoms with van der Waals surface area (Å²) in [5.74, 6) is -10.2. The molecule has 3 aromatic rings. The van der Waals surface area contributed by atoms with E-state index in [0.29, 0.717) is 15.9 Å². The normalized spacial score (nSPS) is 11.2. The van der Waals surface area contributed by atoms with Gasteiger partial charge in [0.15, 0.2) is 23.3 Å². The number of halogens is 5. The third-order valence-electron chi connectivity index (χ3n) is 3.16. The van der Waals surface area contributed by atoms with Gasteiger partial charge >= 0.3 is 0 Å². The summed E-state index contributed by atoms with van der Waals surface area (Å²) in [7, 11) is 0. The Morgan fingerprint density at radius 2 is 1.39 bits per heavy atom. The number of rotatable bonds is 3. The molecule has 0 aliphatic carbocycles. The Labute approximate surface area is 131 Å². The van der Waals surface area contributed by atoms with E-state index < -0.39 is 40.4 Å². The second-order valence-electron chi connectivity index (χ2n) is 4.53. The minimum atomic E-state index is -2.17. The van der Waals surface area contributed by atoms with Gasteiger partial charge in [0.05, 0.1) is 5.52 Å². The fourth-order valence-corrected chi connectivity index (χ4v) is 3.00. The third-order valence-corrected chi connectivity index (χ3v) is 4.19. The van der Waals surface area contributed by atoms with Gasteiger partial charge < -0.3 is 0 Å². The molecule has 0 saturated heterocycles. The molecule has 23 heavy (non-hydrogen) atoms. The van der Waals surface area contributed by atoms with Crippen molar-refractivity contribution in [3.8, 4) is 0 Å². The van der Waals surface area contributed by atoms with E-state index in [9.17, 15) is 22.0 Å². The van der Waals surface area contributed by atoms with Crippen LogP contribution >= 0.6 is 11.8 Å². The molecule has 8 heteroatoms. The van der Waals surface area contributed by atoms with Gasteiger partial charge in [-0.25, -0.2) is 31.9 Å². The number of hydrogen-bond donors (Lipinski definition) is 0. The first-order valence-electron chi connectivity index (χ1n) is 6.33. The zero-order chi connectivity index (χ0) is 16.6. The SMILES string of the molecule is Fc1c(F)c(F)c(CSc2ncnc3ccccc23)c(F)c1F. The Hall–Kier alpha value is -2.22. The van der Waals surface area contributed by atoms with Crippen molar-refractivity contribution >= 4 is 22.7 Å². The minimum absolute atomic E-state index is 0.388. The fraction of sp³-hybridized carbons (Fsp3) is 0.0667. The number of para-hydroxylation sites is 1. The number of thioether (sulfide) groups is 1. The molecule has 0 amide bonds. The third kappa shape index (κ3) is 2.74. The van der Waals surface area contributed by atoms with Crippen LogP contribution in [0.15, 0.2) is 35.6 Å². The average Bonchev–Trinajstić information content (AvgIpc) is 2.58. The van der Waals surface area contributed by atoms with Crippen LogP contribution in [-0.4, -0.2) is 9.97 Å². The maximum Gasteiger partial charge on any atom is 0.200 e. The largest absolute Gasteiger partial charge is 0.236 e. The lowest BCUT2D eigenvalue weighted by atomic mass is 10.2. The lowest BCUT2D eigenvalue weighted by Crippen LogP contribution is -2.06. The number of aromatic nitrogens is 2. The van der Waals surface area contributed by atoms with Crippen LogP contribution in [0.2, 0.25) is 0 Å². The number of nitrogens with zero attached hydrogens (tertiary/aromatic N) is 2. The summed E-state index contributed by atoms with van der Waals surface area (Å²) < 4.78 is 66.7. The lowest BCUT2D eigenvalue weighted by Gasteiger charge is -2.08. The summed E-state index contributed by atoms with van der Waals surface area (Å²) in [4.78, 5) is 8.02. The molecule has 1 heterocycles. The zero-order valence-electron chi connectivity index (χ0n) is 11.3. The van der Waals surface area contributed by atoms with E-state index >= 15 is 0 Å². The summed E-state index contributed by atoms with van der Waals surface area (Å²) in [6.07, 6.45) is 1.27. The first-order valence-corrected chi connectivity index (χ1v) is 7.32. The molecule has 0 bridgehead atoms. The van der Waals surface area contributed by atoms with Crippen LogP contribution in [0.25, 0.3) is 10.9 Å². The van der Waals surface area contributed by atoms with Crippen molar-refractivity contribution in [2.45, 2.75) is 10.8 Å². The van der Waals surface area contributed by atoms with Crippen LogP contribution in [0, 0.1) is 29.1 Å². The fourth-order valence-electron chi connectivity index (χ4n) is 2.01. The Bertz CT molecular complexity index is 866. The maximum absolute atomic E-state index is 13.7. The van der Waals surface area contributed by atoms with Crippen molar-refractivity contribution in [3.05, 3.63) is 65.2 Å². The van der Waals surface area contributed by atoms with Gasteiger partial charge in [0.2, 0.25) is 5.82 Å². The maximum atomic E-state index is 13.7. The molecule has 0 aliphatic rings. The monoisotopic (exact) mass is 342 g/mol. The summed E-state index contributed by atoms with van der Waals surface area (Å²) in [6, 6.07) is 6.91. The van der Waals surface area contributed by atoms with E-state index in [4.69, 9.17) is 0 Å². The average molecular weight is 342 g/mol. The standard InChI is InChI=1S/C15H7F5N2S/c16-10-8(11(17)13(19)14(20)12(10)18)5-23-15-7-3-1-2-4-9(7)21-6-22-15/h1-4,6H,5H2.